The van der Waals surface area contributed by atoms with Crippen molar-refractivity contribution in [3.63, 3.8) is 0 Å². The predicted molar refractivity (Wildman–Crippen MR) is 138 cm³/mol. The molecule has 0 bridgehead atoms. The topological polar surface area (TPSA) is 87.7 Å². The van der Waals surface area contributed by atoms with Crippen LogP contribution < -0.4 is 20.3 Å². The largest absolute Gasteiger partial charge is 0.497 e. The molecule has 4 rings (SSSR count). The van der Waals surface area contributed by atoms with Crippen molar-refractivity contribution in [2.75, 3.05) is 22.6 Å². The van der Waals surface area contributed by atoms with Crippen LogP contribution in [0.25, 0.3) is 6.08 Å². The second-order valence-corrected chi connectivity index (χ2v) is 8.55. The van der Waals surface area contributed by atoms with Crippen LogP contribution in [0.2, 0.25) is 10.0 Å². The molecule has 0 saturated heterocycles. The van der Waals surface area contributed by atoms with E-state index in [1.165, 1.54) is 11.0 Å². The normalized spacial score (nSPS) is 14.9. The monoisotopic (exact) mass is 509 g/mol. The van der Waals surface area contributed by atoms with Crippen LogP contribution in [0.1, 0.15) is 12.0 Å². The number of halogens is 2. The number of amides is 3. The van der Waals surface area contributed by atoms with E-state index in [9.17, 15) is 14.4 Å². The third-order valence-corrected chi connectivity index (χ3v) is 5.96. The summed E-state index contributed by atoms with van der Waals surface area (Å²) in [4.78, 5) is 40.4. The average Bonchev–Trinajstić information content (AvgIpc) is 2.84. The van der Waals surface area contributed by atoms with E-state index in [4.69, 9.17) is 27.9 Å². The molecule has 3 aromatic carbocycles. The summed E-state index contributed by atoms with van der Waals surface area (Å²) < 4.78 is 5.12. The molecule has 178 valence electrons. The molecule has 7 nitrogen and oxygen atoms in total. The zero-order valence-corrected chi connectivity index (χ0v) is 20.1. The van der Waals surface area contributed by atoms with E-state index < -0.39 is 23.8 Å². The lowest BCUT2D eigenvalue weighted by atomic mass is 10.0. The van der Waals surface area contributed by atoms with Gasteiger partial charge in [-0.3, -0.25) is 19.3 Å². The molecule has 0 saturated carbocycles. The average molecular weight is 510 g/mol. The number of ether oxygens (including phenoxy) is 1. The fourth-order valence-electron chi connectivity index (χ4n) is 3.69. The van der Waals surface area contributed by atoms with Gasteiger partial charge in [0.15, 0.2) is 0 Å². The van der Waals surface area contributed by atoms with Crippen molar-refractivity contribution in [3.05, 3.63) is 88.4 Å². The number of rotatable bonds is 6. The molecule has 0 aromatic heterocycles. The Balaban J connectivity index is 1.59. The van der Waals surface area contributed by atoms with Gasteiger partial charge in [0.1, 0.15) is 11.8 Å². The number of benzene rings is 3. The summed E-state index contributed by atoms with van der Waals surface area (Å²) in [7, 11) is 1.55. The molecule has 3 aromatic rings. The Bertz CT molecular complexity index is 1310. The molecule has 0 spiro atoms. The maximum Gasteiger partial charge on any atom is 0.251 e. The van der Waals surface area contributed by atoms with Gasteiger partial charge in [-0.15, -0.1) is 0 Å². The minimum atomic E-state index is -1.05. The molecule has 0 fully saturated rings. The van der Waals surface area contributed by atoms with Crippen LogP contribution in [0.15, 0.2) is 72.8 Å². The zero-order valence-electron chi connectivity index (χ0n) is 18.6. The highest BCUT2D eigenvalue weighted by Gasteiger charge is 2.37. The van der Waals surface area contributed by atoms with Crippen molar-refractivity contribution in [3.8, 4) is 5.75 Å². The van der Waals surface area contributed by atoms with Crippen molar-refractivity contribution < 1.29 is 19.1 Å². The summed E-state index contributed by atoms with van der Waals surface area (Å²) in [6.45, 7) is 0. The van der Waals surface area contributed by atoms with E-state index in [1.807, 2.05) is 0 Å². The number of nitrogens with zero attached hydrogens (tertiary/aromatic N) is 1. The van der Waals surface area contributed by atoms with E-state index >= 15 is 0 Å². The van der Waals surface area contributed by atoms with Gasteiger partial charge in [0.25, 0.3) is 5.91 Å². The van der Waals surface area contributed by atoms with Crippen LogP contribution in [-0.2, 0) is 14.4 Å². The quantitative estimate of drug-likeness (QED) is 0.435. The molecule has 0 unspecified atom stereocenters. The summed E-state index contributed by atoms with van der Waals surface area (Å²) in [5, 5.41) is 6.39. The number of methoxy groups -OCH3 is 1. The van der Waals surface area contributed by atoms with Gasteiger partial charge in [0.05, 0.1) is 24.9 Å². The van der Waals surface area contributed by atoms with Gasteiger partial charge in [0.2, 0.25) is 11.8 Å². The van der Waals surface area contributed by atoms with Crippen LogP contribution in [-0.4, -0.2) is 30.9 Å². The smallest absolute Gasteiger partial charge is 0.251 e. The summed E-state index contributed by atoms with van der Waals surface area (Å²) in [6.07, 6.45) is 2.62. The van der Waals surface area contributed by atoms with E-state index in [0.29, 0.717) is 38.4 Å². The van der Waals surface area contributed by atoms with Gasteiger partial charge < -0.3 is 15.4 Å². The Hall–Kier alpha value is -3.81. The highest BCUT2D eigenvalue weighted by molar-refractivity contribution is 6.35. The van der Waals surface area contributed by atoms with Gasteiger partial charge in [-0.1, -0.05) is 41.4 Å². The Labute approximate surface area is 212 Å². The number of anilines is 3. The fraction of sp³-hybridized carbons (Fsp3) is 0.115. The predicted octanol–water partition coefficient (Wildman–Crippen LogP) is 5.40. The first-order valence-electron chi connectivity index (χ1n) is 10.7. The van der Waals surface area contributed by atoms with Gasteiger partial charge in [0, 0.05) is 21.8 Å². The number of para-hydroxylation sites is 2. The fourth-order valence-corrected chi connectivity index (χ4v) is 4.16. The van der Waals surface area contributed by atoms with E-state index in [0.717, 1.165) is 0 Å². The minimum Gasteiger partial charge on any atom is -0.497 e. The third kappa shape index (κ3) is 5.65. The molecule has 0 radical (unpaired) electrons. The summed E-state index contributed by atoms with van der Waals surface area (Å²) in [5.41, 5.74) is 2.11. The highest BCUT2D eigenvalue weighted by atomic mass is 35.5. The van der Waals surface area contributed by atoms with Crippen LogP contribution in [0.5, 0.6) is 5.75 Å². The van der Waals surface area contributed by atoms with Crippen molar-refractivity contribution >= 4 is 64.1 Å². The number of fused-ring (bicyclic) bond motifs is 1. The van der Waals surface area contributed by atoms with E-state index in [-0.39, 0.29) is 6.42 Å². The number of carbonyl (C=O) groups excluding carboxylic acids is 3. The van der Waals surface area contributed by atoms with Crippen LogP contribution >= 0.6 is 23.2 Å². The van der Waals surface area contributed by atoms with Crippen molar-refractivity contribution in [2.24, 2.45) is 0 Å². The number of nitrogens with one attached hydrogen (secondary N) is 2. The van der Waals surface area contributed by atoms with Crippen molar-refractivity contribution in [2.45, 2.75) is 12.5 Å². The van der Waals surface area contributed by atoms with Gasteiger partial charge >= 0.3 is 0 Å². The lowest BCUT2D eigenvalue weighted by Gasteiger charge is -2.35. The van der Waals surface area contributed by atoms with Crippen LogP contribution in [0.3, 0.4) is 0 Å². The number of hydrogen-bond acceptors (Lipinski definition) is 4. The molecular formula is C26H21Cl2N3O4. The van der Waals surface area contributed by atoms with Crippen LogP contribution in [0.4, 0.5) is 17.1 Å². The molecule has 3 amide bonds. The van der Waals surface area contributed by atoms with Crippen LogP contribution in [0, 0.1) is 0 Å². The maximum absolute atomic E-state index is 13.3. The first kappa shape index (κ1) is 24.3. The van der Waals surface area contributed by atoms with Crippen molar-refractivity contribution in [1.29, 1.82) is 0 Å². The molecule has 1 aliphatic rings. The Morgan fingerprint density at radius 3 is 2.54 bits per heavy atom. The second-order valence-electron chi connectivity index (χ2n) is 7.71. The Morgan fingerprint density at radius 1 is 1.09 bits per heavy atom. The van der Waals surface area contributed by atoms with Gasteiger partial charge in [-0.05, 0) is 60.2 Å². The SMILES string of the molecule is COc1ccc(NC(=O)C[C@H]2C(=O)Nc3ccccc3N2C(=O)/C=C/c2ccc(Cl)cc2Cl)cc1. The molecule has 0 aliphatic carbocycles. The molecule has 1 heterocycles. The number of hydrogen-bond donors (Lipinski definition) is 2. The molecule has 2 N–H and O–H groups in total. The van der Waals surface area contributed by atoms with Gasteiger partial charge in [-0.2, -0.15) is 0 Å². The standard InChI is InChI=1S/C26H21Cl2N3O4/c1-35-19-11-9-18(10-12-19)29-24(32)15-23-26(34)30-21-4-2-3-5-22(21)31(23)25(33)13-7-16-6-8-17(27)14-20(16)28/h2-14,23H,15H2,1H3,(H,29,32)(H,30,34)/b13-7+/t23-/m0/s1. The molecule has 1 aliphatic heterocycles. The lowest BCUT2D eigenvalue weighted by molar-refractivity contribution is -0.124. The first-order valence-corrected chi connectivity index (χ1v) is 11.4. The minimum absolute atomic E-state index is 0.243. The summed E-state index contributed by atoms with van der Waals surface area (Å²) >= 11 is 12.2. The lowest BCUT2D eigenvalue weighted by Crippen LogP contribution is -2.52. The molecule has 9 heteroatoms. The Morgan fingerprint density at radius 2 is 1.83 bits per heavy atom. The Kier molecular flexibility index (Phi) is 7.39. The second kappa shape index (κ2) is 10.6. The first-order chi connectivity index (χ1) is 16.9. The van der Waals surface area contributed by atoms with E-state index in [2.05, 4.69) is 10.6 Å². The number of carbonyl (C=O) groups is 3. The molecule has 35 heavy (non-hydrogen) atoms. The highest BCUT2D eigenvalue weighted by Crippen LogP contribution is 2.33. The van der Waals surface area contributed by atoms with Gasteiger partial charge in [-0.25, -0.2) is 0 Å². The maximum atomic E-state index is 13.3. The summed E-state index contributed by atoms with van der Waals surface area (Å²) in [5.74, 6) is -0.701. The third-order valence-electron chi connectivity index (χ3n) is 5.39. The summed E-state index contributed by atoms with van der Waals surface area (Å²) in [6, 6.07) is 17.6. The molecule has 1 atom stereocenters. The van der Waals surface area contributed by atoms with E-state index in [1.54, 1.807) is 79.9 Å². The molecular weight excluding hydrogens is 489 g/mol. The van der Waals surface area contributed by atoms with Crippen molar-refractivity contribution in [1.82, 2.24) is 0 Å². The zero-order chi connectivity index (χ0) is 24.9.